The molecule has 8 nitrogen and oxygen atoms in total. The monoisotopic (exact) mass is 423 g/mol. The van der Waals surface area contributed by atoms with Crippen molar-refractivity contribution in [3.63, 3.8) is 0 Å². The number of piperazine rings is 1. The van der Waals surface area contributed by atoms with Gasteiger partial charge in [-0.1, -0.05) is 0 Å². The molecule has 3 aliphatic rings. The Morgan fingerprint density at radius 1 is 1.00 bits per heavy atom. The fraction of sp³-hybridized carbons (Fsp3) is 0.522. The Hall–Kier alpha value is -2.87. The van der Waals surface area contributed by atoms with Crippen LogP contribution in [0.4, 0.5) is 5.95 Å². The second-order valence-corrected chi connectivity index (χ2v) is 8.61. The van der Waals surface area contributed by atoms with Crippen LogP contribution in [0.2, 0.25) is 0 Å². The number of anilines is 1. The number of benzene rings is 1. The molecule has 1 aromatic heterocycles. The average Bonchev–Trinajstić information content (AvgIpc) is 3.65. The summed E-state index contributed by atoms with van der Waals surface area (Å²) in [4.78, 5) is 28.9. The van der Waals surface area contributed by atoms with Crippen molar-refractivity contribution in [2.24, 2.45) is 5.92 Å². The molecular formula is C23H29N5O3. The van der Waals surface area contributed by atoms with Crippen LogP contribution in [0, 0.1) is 5.92 Å². The third kappa shape index (κ3) is 4.30. The number of carbonyl (C=O) groups excluding carboxylic acids is 1. The molecule has 0 unspecified atom stereocenters. The number of nitrogens with zero attached hydrogens (tertiary/aromatic N) is 5. The summed E-state index contributed by atoms with van der Waals surface area (Å²) in [6, 6.07) is 7.48. The lowest BCUT2D eigenvalue weighted by Crippen LogP contribution is -2.45. The summed E-state index contributed by atoms with van der Waals surface area (Å²) in [6.07, 6.45) is 2.75. The molecule has 1 aliphatic carbocycles. The maximum Gasteiger partial charge on any atom is 0.229 e. The summed E-state index contributed by atoms with van der Waals surface area (Å²) >= 11 is 0. The van der Waals surface area contributed by atoms with Gasteiger partial charge in [0.15, 0.2) is 0 Å². The van der Waals surface area contributed by atoms with Crippen LogP contribution in [0.15, 0.2) is 24.3 Å². The second kappa shape index (κ2) is 8.34. The zero-order valence-corrected chi connectivity index (χ0v) is 18.2. The molecule has 1 amide bonds. The predicted octanol–water partition coefficient (Wildman–Crippen LogP) is 2.32. The SMILES string of the molecule is COc1ccc(Oc2nc(N3CCN(C)CC3)nc3c2CN(C(=O)C2CC2)CC3)cc1. The smallest absolute Gasteiger partial charge is 0.229 e. The average molecular weight is 424 g/mol. The highest BCUT2D eigenvalue weighted by atomic mass is 16.5. The third-order valence-corrected chi connectivity index (χ3v) is 6.31. The Kier molecular flexibility index (Phi) is 5.40. The fourth-order valence-electron chi connectivity index (χ4n) is 4.14. The van der Waals surface area contributed by atoms with Crippen LogP contribution in [0.1, 0.15) is 24.1 Å². The van der Waals surface area contributed by atoms with E-state index in [4.69, 9.17) is 19.4 Å². The summed E-state index contributed by atoms with van der Waals surface area (Å²) in [5.41, 5.74) is 1.92. The number of amides is 1. The number of fused-ring (bicyclic) bond motifs is 1. The molecule has 164 valence electrons. The maximum atomic E-state index is 12.7. The summed E-state index contributed by atoms with van der Waals surface area (Å²) < 4.78 is 11.5. The maximum absolute atomic E-state index is 12.7. The molecular weight excluding hydrogens is 394 g/mol. The molecule has 1 aromatic carbocycles. The van der Waals surface area contributed by atoms with Crippen LogP contribution >= 0.6 is 0 Å². The van der Waals surface area contributed by atoms with Crippen molar-refractivity contribution in [3.8, 4) is 17.4 Å². The van der Waals surface area contributed by atoms with Gasteiger partial charge >= 0.3 is 0 Å². The van der Waals surface area contributed by atoms with Gasteiger partial charge in [-0.25, -0.2) is 4.98 Å². The van der Waals surface area contributed by atoms with Gasteiger partial charge in [-0.3, -0.25) is 4.79 Å². The molecule has 3 heterocycles. The number of aromatic nitrogens is 2. The molecule has 1 saturated heterocycles. The fourth-order valence-corrected chi connectivity index (χ4v) is 4.14. The second-order valence-electron chi connectivity index (χ2n) is 8.61. The van der Waals surface area contributed by atoms with Gasteiger partial charge in [0.1, 0.15) is 11.5 Å². The first-order valence-corrected chi connectivity index (χ1v) is 11.0. The molecule has 2 aliphatic heterocycles. The number of hydrogen-bond acceptors (Lipinski definition) is 7. The predicted molar refractivity (Wildman–Crippen MR) is 117 cm³/mol. The molecule has 1 saturated carbocycles. The van der Waals surface area contributed by atoms with Crippen LogP contribution < -0.4 is 14.4 Å². The van der Waals surface area contributed by atoms with E-state index in [1.807, 2.05) is 29.2 Å². The lowest BCUT2D eigenvalue weighted by Gasteiger charge is -2.34. The molecule has 0 N–H and O–H groups in total. The number of likely N-dealkylation sites (N-methyl/N-ethyl adjacent to an activating group) is 1. The first-order chi connectivity index (χ1) is 15.1. The van der Waals surface area contributed by atoms with Crippen molar-refractivity contribution in [2.75, 3.05) is 51.8 Å². The van der Waals surface area contributed by atoms with Crippen molar-refractivity contribution in [1.29, 1.82) is 0 Å². The van der Waals surface area contributed by atoms with Crippen LogP contribution in [0.5, 0.6) is 17.4 Å². The summed E-state index contributed by atoms with van der Waals surface area (Å²) in [7, 11) is 3.78. The largest absolute Gasteiger partial charge is 0.497 e. The zero-order chi connectivity index (χ0) is 21.4. The first-order valence-electron chi connectivity index (χ1n) is 11.0. The van der Waals surface area contributed by atoms with Crippen LogP contribution in [0.3, 0.4) is 0 Å². The molecule has 0 bridgehead atoms. The van der Waals surface area contributed by atoms with E-state index < -0.39 is 0 Å². The van der Waals surface area contributed by atoms with E-state index in [-0.39, 0.29) is 11.8 Å². The van der Waals surface area contributed by atoms with Gasteiger partial charge in [-0.15, -0.1) is 0 Å². The topological polar surface area (TPSA) is 71.0 Å². The molecule has 5 rings (SSSR count). The summed E-state index contributed by atoms with van der Waals surface area (Å²) in [5, 5.41) is 0. The van der Waals surface area contributed by atoms with Gasteiger partial charge in [0, 0.05) is 45.1 Å². The van der Waals surface area contributed by atoms with Gasteiger partial charge in [0.05, 0.1) is 24.9 Å². The summed E-state index contributed by atoms with van der Waals surface area (Å²) in [6.45, 7) is 4.98. The van der Waals surface area contributed by atoms with E-state index in [0.717, 1.165) is 68.4 Å². The highest BCUT2D eigenvalue weighted by Gasteiger charge is 2.36. The summed E-state index contributed by atoms with van der Waals surface area (Å²) in [5.74, 6) is 3.20. The van der Waals surface area contributed by atoms with Crippen molar-refractivity contribution in [1.82, 2.24) is 19.8 Å². The van der Waals surface area contributed by atoms with Crippen LogP contribution in [-0.2, 0) is 17.8 Å². The first kappa shape index (κ1) is 20.1. The van der Waals surface area contributed by atoms with Crippen molar-refractivity contribution < 1.29 is 14.3 Å². The lowest BCUT2D eigenvalue weighted by atomic mass is 10.1. The van der Waals surface area contributed by atoms with Gasteiger partial charge < -0.3 is 24.2 Å². The van der Waals surface area contributed by atoms with E-state index in [2.05, 4.69) is 16.8 Å². The normalized spacial score (nSPS) is 19.2. The van der Waals surface area contributed by atoms with Crippen molar-refractivity contribution >= 4 is 11.9 Å². The molecule has 31 heavy (non-hydrogen) atoms. The minimum Gasteiger partial charge on any atom is -0.497 e. The van der Waals surface area contributed by atoms with Gasteiger partial charge in [-0.2, -0.15) is 4.98 Å². The molecule has 0 spiro atoms. The Bertz CT molecular complexity index is 952. The molecule has 2 fully saturated rings. The van der Waals surface area contributed by atoms with Crippen molar-refractivity contribution in [3.05, 3.63) is 35.5 Å². The van der Waals surface area contributed by atoms with E-state index in [1.54, 1.807) is 7.11 Å². The molecule has 0 atom stereocenters. The number of methoxy groups -OCH3 is 1. The van der Waals surface area contributed by atoms with Gasteiger partial charge in [-0.05, 0) is 44.2 Å². The van der Waals surface area contributed by atoms with Gasteiger partial charge in [0.2, 0.25) is 17.7 Å². The number of carbonyl (C=O) groups is 1. The molecule has 2 aromatic rings. The minimum atomic E-state index is 0.207. The zero-order valence-electron chi connectivity index (χ0n) is 18.2. The minimum absolute atomic E-state index is 0.207. The number of ether oxygens (including phenoxy) is 2. The number of rotatable bonds is 5. The Balaban J connectivity index is 1.46. The highest BCUT2D eigenvalue weighted by Crippen LogP contribution is 2.36. The van der Waals surface area contributed by atoms with E-state index >= 15 is 0 Å². The quantitative estimate of drug-likeness (QED) is 0.731. The van der Waals surface area contributed by atoms with E-state index in [0.29, 0.717) is 24.7 Å². The Labute approximate surface area is 182 Å². The Morgan fingerprint density at radius 2 is 1.71 bits per heavy atom. The third-order valence-electron chi connectivity index (χ3n) is 6.31. The van der Waals surface area contributed by atoms with E-state index in [1.165, 1.54) is 0 Å². The molecule has 8 heteroatoms. The van der Waals surface area contributed by atoms with Crippen molar-refractivity contribution in [2.45, 2.75) is 25.8 Å². The standard InChI is InChI=1S/C23H29N5O3/c1-26-11-13-27(14-12-26)23-24-20-9-10-28(22(29)16-3-4-16)15-19(20)21(25-23)31-18-7-5-17(30-2)6-8-18/h5-8,16H,3-4,9-15H2,1-2H3. The van der Waals surface area contributed by atoms with Crippen LogP contribution in [0.25, 0.3) is 0 Å². The Morgan fingerprint density at radius 3 is 2.39 bits per heavy atom. The molecule has 0 radical (unpaired) electrons. The number of hydrogen-bond donors (Lipinski definition) is 0. The van der Waals surface area contributed by atoms with E-state index in [9.17, 15) is 4.79 Å². The highest BCUT2D eigenvalue weighted by molar-refractivity contribution is 5.81. The lowest BCUT2D eigenvalue weighted by molar-refractivity contribution is -0.133. The van der Waals surface area contributed by atoms with Crippen LogP contribution in [-0.4, -0.2) is 72.6 Å². The van der Waals surface area contributed by atoms with Gasteiger partial charge in [0.25, 0.3) is 0 Å².